The lowest BCUT2D eigenvalue weighted by Crippen LogP contribution is -2.25. The summed E-state index contributed by atoms with van der Waals surface area (Å²) in [5.41, 5.74) is 0.764. The lowest BCUT2D eigenvalue weighted by molar-refractivity contribution is -0.134. The summed E-state index contributed by atoms with van der Waals surface area (Å²) in [7, 11) is 1.70. The van der Waals surface area contributed by atoms with Crippen LogP contribution in [0.25, 0.3) is 0 Å². The van der Waals surface area contributed by atoms with E-state index in [0.29, 0.717) is 19.5 Å². The van der Waals surface area contributed by atoms with Crippen molar-refractivity contribution in [3.05, 3.63) is 23.8 Å². The maximum Gasteiger partial charge on any atom is 0.380 e. The summed E-state index contributed by atoms with van der Waals surface area (Å²) in [5, 5.41) is 10.5. The number of carboxylic acid groups (broad SMARTS) is 1. The van der Waals surface area contributed by atoms with E-state index in [1.54, 1.807) is 23.5 Å². The Morgan fingerprint density at radius 2 is 1.72 bits per heavy atom. The van der Waals surface area contributed by atoms with Gasteiger partial charge < -0.3 is 19.9 Å². The number of carbonyl (C=O) groups excluding carboxylic acids is 3. The highest BCUT2D eigenvalue weighted by molar-refractivity contribution is 8.11. The van der Waals surface area contributed by atoms with Gasteiger partial charge in [0.15, 0.2) is 11.5 Å². The number of rotatable bonds is 11. The Hall–Kier alpha value is -2.59. The zero-order valence-corrected chi connectivity index (χ0v) is 17.5. The molecule has 160 valence electrons. The average Bonchev–Trinajstić information content (AvgIpc) is 2.60. The van der Waals surface area contributed by atoms with Gasteiger partial charge in [-0.3, -0.25) is 14.4 Å². The summed E-state index contributed by atoms with van der Waals surface area (Å²) >= 11 is 0.737. The monoisotopic (exact) mass is 426 g/mol. The first-order chi connectivity index (χ1) is 13.7. The molecular weight excluding hydrogens is 400 g/mol. The quantitative estimate of drug-likeness (QED) is 0.238. The van der Waals surface area contributed by atoms with E-state index in [1.807, 2.05) is 0 Å². The molecule has 1 aromatic rings. The number of hydrogen-bond donors (Lipinski definition) is 2. The maximum atomic E-state index is 12.0. The van der Waals surface area contributed by atoms with Gasteiger partial charge in [-0.25, -0.2) is 9.10 Å². The van der Waals surface area contributed by atoms with Crippen LogP contribution in [0.15, 0.2) is 18.2 Å². The maximum absolute atomic E-state index is 12.0. The van der Waals surface area contributed by atoms with Crippen molar-refractivity contribution in [1.82, 2.24) is 9.62 Å². The first kappa shape index (κ1) is 24.4. The van der Waals surface area contributed by atoms with Gasteiger partial charge >= 0.3 is 17.2 Å². The minimum Gasteiger partial charge on any atom is -0.472 e. The summed E-state index contributed by atoms with van der Waals surface area (Å²) in [6.45, 7) is 3.61. The third kappa shape index (κ3) is 11.1. The predicted molar refractivity (Wildman–Crippen MR) is 108 cm³/mol. The average molecular weight is 426 g/mol. The predicted octanol–water partition coefficient (Wildman–Crippen LogP) is 2.62. The number of nitrogens with one attached hydrogen (secondary N) is 1. The van der Waals surface area contributed by atoms with Crippen molar-refractivity contribution in [1.29, 1.82) is 0 Å². The molecule has 2 N–H and O–H groups in total. The Morgan fingerprint density at radius 1 is 1.07 bits per heavy atom. The number of ether oxygens (including phenoxy) is 2. The molecular formula is C19H26N2O7S. The summed E-state index contributed by atoms with van der Waals surface area (Å²) in [5.74, 6) is -0.906. The fourth-order valence-corrected chi connectivity index (χ4v) is 2.88. The summed E-state index contributed by atoms with van der Waals surface area (Å²) < 4.78 is 11.7. The van der Waals surface area contributed by atoms with E-state index in [0.717, 1.165) is 30.4 Å². The molecule has 0 atom stereocenters. The Bertz CT molecular complexity index is 739. The lowest BCUT2D eigenvalue weighted by atomic mass is 10.1. The highest BCUT2D eigenvalue weighted by Crippen LogP contribution is 2.29. The molecule has 0 aliphatic carbocycles. The third-order valence-electron chi connectivity index (χ3n) is 3.61. The molecule has 1 rings (SSSR count). The van der Waals surface area contributed by atoms with Crippen LogP contribution in [-0.2, 0) is 20.8 Å². The summed E-state index contributed by atoms with van der Waals surface area (Å²) in [4.78, 5) is 44.9. The molecule has 0 radical (unpaired) electrons. The van der Waals surface area contributed by atoms with E-state index in [-0.39, 0.29) is 23.8 Å². The zero-order chi connectivity index (χ0) is 21.8. The molecule has 0 unspecified atom stereocenters. The van der Waals surface area contributed by atoms with Gasteiger partial charge in [0.05, 0.1) is 0 Å². The van der Waals surface area contributed by atoms with Crippen molar-refractivity contribution in [3.63, 3.8) is 0 Å². The van der Waals surface area contributed by atoms with Gasteiger partial charge in [0.25, 0.3) is 0 Å². The first-order valence-corrected chi connectivity index (χ1v) is 9.83. The Kier molecular flexibility index (Phi) is 10.8. The van der Waals surface area contributed by atoms with E-state index in [4.69, 9.17) is 14.6 Å². The Balaban J connectivity index is 2.41. The summed E-state index contributed by atoms with van der Waals surface area (Å²) in [6, 6.07) is 4.80. The molecule has 0 aliphatic heterocycles. The molecule has 10 heteroatoms. The fraction of sp³-hybridized carbons (Fsp3) is 0.474. The van der Waals surface area contributed by atoms with Gasteiger partial charge in [0.1, 0.15) is 0 Å². The number of hydrogen-bond acceptors (Lipinski definition) is 8. The van der Waals surface area contributed by atoms with Crippen molar-refractivity contribution in [2.45, 2.75) is 39.5 Å². The third-order valence-corrected chi connectivity index (χ3v) is 4.26. The van der Waals surface area contributed by atoms with Crippen molar-refractivity contribution < 1.29 is 33.8 Å². The number of benzene rings is 1. The molecule has 0 spiro atoms. The number of aryl methyl sites for hydroxylation is 1. The highest BCUT2D eigenvalue weighted by Gasteiger charge is 2.12. The first-order valence-electron chi connectivity index (χ1n) is 9.06. The van der Waals surface area contributed by atoms with E-state index in [1.165, 1.54) is 19.9 Å². The van der Waals surface area contributed by atoms with Gasteiger partial charge in [-0.1, -0.05) is 6.07 Å². The van der Waals surface area contributed by atoms with Crippen LogP contribution in [-0.4, -0.2) is 52.7 Å². The lowest BCUT2D eigenvalue weighted by Gasteiger charge is -2.12. The number of amides is 1. The van der Waals surface area contributed by atoms with Crippen LogP contribution in [0.2, 0.25) is 0 Å². The van der Waals surface area contributed by atoms with Gasteiger partial charge in [-0.05, 0) is 44.0 Å². The molecule has 9 nitrogen and oxygen atoms in total. The van der Waals surface area contributed by atoms with Gasteiger partial charge in [0, 0.05) is 45.3 Å². The van der Waals surface area contributed by atoms with Crippen LogP contribution in [0.4, 0.5) is 4.79 Å². The van der Waals surface area contributed by atoms with E-state index < -0.39 is 17.2 Å². The second kappa shape index (κ2) is 12.8. The number of esters is 2. The van der Waals surface area contributed by atoms with E-state index in [9.17, 15) is 19.2 Å². The molecule has 0 bridgehead atoms. The van der Waals surface area contributed by atoms with Crippen LogP contribution in [0.1, 0.15) is 38.7 Å². The molecule has 29 heavy (non-hydrogen) atoms. The van der Waals surface area contributed by atoms with Crippen LogP contribution in [0, 0.1) is 0 Å². The van der Waals surface area contributed by atoms with Gasteiger partial charge in [-0.15, -0.1) is 0 Å². The summed E-state index contributed by atoms with van der Waals surface area (Å²) in [6.07, 6.45) is 2.18. The number of nitrogens with zero attached hydrogens (tertiary/aromatic N) is 1. The van der Waals surface area contributed by atoms with Crippen molar-refractivity contribution in [3.8, 4) is 11.5 Å². The van der Waals surface area contributed by atoms with E-state index >= 15 is 0 Å². The minimum atomic E-state index is -0.946. The van der Waals surface area contributed by atoms with Gasteiger partial charge in [-0.2, -0.15) is 0 Å². The van der Waals surface area contributed by atoms with Crippen LogP contribution in [0.3, 0.4) is 0 Å². The largest absolute Gasteiger partial charge is 0.472 e. The van der Waals surface area contributed by atoms with Crippen molar-refractivity contribution in [2.75, 3.05) is 20.1 Å². The van der Waals surface area contributed by atoms with Crippen molar-refractivity contribution in [2.24, 2.45) is 0 Å². The molecule has 1 aromatic carbocycles. The van der Waals surface area contributed by atoms with E-state index in [2.05, 4.69) is 5.32 Å². The van der Waals surface area contributed by atoms with Gasteiger partial charge in [0.2, 0.25) is 5.91 Å². The number of unbranched alkanes of at least 4 members (excludes halogenated alkanes) is 1. The topological polar surface area (TPSA) is 122 Å². The molecule has 0 aromatic heterocycles. The van der Waals surface area contributed by atoms with Crippen LogP contribution < -0.4 is 14.8 Å². The normalized spacial score (nSPS) is 10.5. The Morgan fingerprint density at radius 3 is 2.34 bits per heavy atom. The highest BCUT2D eigenvalue weighted by atomic mass is 32.2. The second-order valence-corrected chi connectivity index (χ2v) is 7.39. The SMILES string of the molecule is CC(=O)Oc1ccc(CCC(=O)NCCCCN(C)SC(=O)O)cc1OC(C)=O. The molecule has 0 heterocycles. The molecule has 0 saturated carbocycles. The molecule has 0 aliphatic rings. The molecule has 0 fully saturated rings. The fourth-order valence-electron chi connectivity index (χ4n) is 2.39. The number of carbonyl (C=O) groups is 4. The van der Waals surface area contributed by atoms with Crippen molar-refractivity contribution >= 4 is 35.1 Å². The molecule has 1 amide bonds. The second-order valence-electron chi connectivity index (χ2n) is 6.23. The van der Waals surface area contributed by atoms with Crippen LogP contribution >= 0.6 is 11.9 Å². The van der Waals surface area contributed by atoms with Crippen LogP contribution in [0.5, 0.6) is 11.5 Å². The Labute approximate surface area is 173 Å². The standard InChI is InChI=1S/C19H26N2O7S/c1-13(22)27-16-8-6-15(12-17(16)28-14(2)23)7-9-18(24)20-10-4-5-11-21(3)29-19(25)26/h6,8,12H,4-5,7,9-11H2,1-3H3,(H,20,24)(H,25,26). The minimum absolute atomic E-state index is 0.114. The molecule has 0 saturated heterocycles. The zero-order valence-electron chi connectivity index (χ0n) is 16.7. The smallest absolute Gasteiger partial charge is 0.380 e.